The average molecular weight is 356 g/mol. The van der Waals surface area contributed by atoms with Crippen LogP contribution in [0.25, 0.3) is 0 Å². The van der Waals surface area contributed by atoms with Crippen LogP contribution in [0.15, 0.2) is 30.3 Å². The highest BCUT2D eigenvalue weighted by Crippen LogP contribution is 2.27. The number of carbonyl (C=O) groups is 2. The van der Waals surface area contributed by atoms with Crippen molar-refractivity contribution in [3.63, 3.8) is 0 Å². The topological polar surface area (TPSA) is 101 Å². The number of aromatic nitrogens is 2. The maximum absolute atomic E-state index is 12.5. The number of amides is 2. The van der Waals surface area contributed by atoms with Crippen molar-refractivity contribution in [1.29, 1.82) is 0 Å². The number of nitrogens with two attached hydrogens (primary N) is 1. The second kappa shape index (κ2) is 8.03. The van der Waals surface area contributed by atoms with Crippen molar-refractivity contribution in [2.45, 2.75) is 32.1 Å². The van der Waals surface area contributed by atoms with Gasteiger partial charge in [-0.15, -0.1) is 0 Å². The van der Waals surface area contributed by atoms with E-state index < -0.39 is 5.91 Å². The van der Waals surface area contributed by atoms with Gasteiger partial charge in [0.15, 0.2) is 0 Å². The lowest BCUT2D eigenvalue weighted by atomic mass is 9.93. The SMILES string of the molecule is CCOc1ccc(CC(=O)N2CCC(c3cc(C(N)=O)n[nH]3)CC2)cc1. The fraction of sp³-hybridized carbons (Fsp3) is 0.421. The minimum atomic E-state index is -0.532. The molecule has 0 spiro atoms. The van der Waals surface area contributed by atoms with Crippen LogP contribution in [0.4, 0.5) is 0 Å². The predicted octanol–water partition coefficient (Wildman–Crippen LogP) is 1.86. The monoisotopic (exact) mass is 356 g/mol. The highest BCUT2D eigenvalue weighted by molar-refractivity contribution is 5.90. The van der Waals surface area contributed by atoms with Crippen molar-refractivity contribution in [2.24, 2.45) is 5.73 Å². The smallest absolute Gasteiger partial charge is 0.269 e. The number of likely N-dealkylation sites (tertiary alicyclic amines) is 1. The van der Waals surface area contributed by atoms with E-state index in [0.717, 1.165) is 29.8 Å². The zero-order valence-electron chi connectivity index (χ0n) is 14.9. The molecule has 7 heteroatoms. The number of aromatic amines is 1. The third-order valence-corrected chi connectivity index (χ3v) is 4.73. The predicted molar refractivity (Wildman–Crippen MR) is 97.0 cm³/mol. The molecule has 0 atom stereocenters. The first kappa shape index (κ1) is 18.0. The Labute approximate surface area is 152 Å². The fourth-order valence-corrected chi connectivity index (χ4v) is 3.27. The first-order valence-corrected chi connectivity index (χ1v) is 8.91. The summed E-state index contributed by atoms with van der Waals surface area (Å²) < 4.78 is 5.42. The standard InChI is InChI=1S/C19H24N4O3/c1-2-26-15-5-3-13(4-6-15)11-18(24)23-9-7-14(8-10-23)16-12-17(19(20)25)22-21-16/h3-6,12,14H,2,7-11H2,1H3,(H2,20,25)(H,21,22). The molecule has 0 saturated carbocycles. The number of hydrogen-bond acceptors (Lipinski definition) is 4. The summed E-state index contributed by atoms with van der Waals surface area (Å²) in [5.74, 6) is 0.690. The van der Waals surface area contributed by atoms with E-state index in [9.17, 15) is 9.59 Å². The third kappa shape index (κ3) is 4.22. The summed E-state index contributed by atoms with van der Waals surface area (Å²) in [7, 11) is 0. The number of hydrogen-bond donors (Lipinski definition) is 2. The lowest BCUT2D eigenvalue weighted by molar-refractivity contribution is -0.131. The van der Waals surface area contributed by atoms with Crippen LogP contribution in [0.5, 0.6) is 5.75 Å². The molecule has 138 valence electrons. The second-order valence-electron chi connectivity index (χ2n) is 6.48. The molecular weight excluding hydrogens is 332 g/mol. The molecule has 0 bridgehead atoms. The van der Waals surface area contributed by atoms with Crippen molar-refractivity contribution in [1.82, 2.24) is 15.1 Å². The average Bonchev–Trinajstić information content (AvgIpc) is 3.14. The van der Waals surface area contributed by atoms with Gasteiger partial charge in [0.25, 0.3) is 5.91 Å². The van der Waals surface area contributed by atoms with Gasteiger partial charge in [-0.2, -0.15) is 5.10 Å². The zero-order chi connectivity index (χ0) is 18.5. The van der Waals surface area contributed by atoms with Crippen molar-refractivity contribution in [3.05, 3.63) is 47.3 Å². The molecule has 1 aliphatic heterocycles. The molecule has 0 aliphatic carbocycles. The summed E-state index contributed by atoms with van der Waals surface area (Å²) in [4.78, 5) is 25.6. The lowest BCUT2D eigenvalue weighted by Gasteiger charge is -2.31. The molecule has 26 heavy (non-hydrogen) atoms. The Balaban J connectivity index is 1.52. The number of ether oxygens (including phenoxy) is 1. The largest absolute Gasteiger partial charge is 0.494 e. The van der Waals surface area contributed by atoms with Crippen molar-refractivity contribution < 1.29 is 14.3 Å². The van der Waals surface area contributed by atoms with Gasteiger partial charge >= 0.3 is 0 Å². The van der Waals surface area contributed by atoms with Crippen LogP contribution in [0.1, 0.15) is 47.4 Å². The molecule has 1 aliphatic rings. The number of piperidine rings is 1. The Hall–Kier alpha value is -2.83. The highest BCUT2D eigenvalue weighted by atomic mass is 16.5. The Bertz CT molecular complexity index is 761. The number of benzene rings is 1. The normalized spacial score (nSPS) is 15.0. The minimum Gasteiger partial charge on any atom is -0.494 e. The number of nitrogens with zero attached hydrogens (tertiary/aromatic N) is 2. The lowest BCUT2D eigenvalue weighted by Crippen LogP contribution is -2.38. The number of H-pyrrole nitrogens is 1. The molecule has 3 rings (SSSR count). The van der Waals surface area contributed by atoms with Crippen LogP contribution in [-0.2, 0) is 11.2 Å². The molecule has 0 radical (unpaired) electrons. The molecule has 2 heterocycles. The van der Waals surface area contributed by atoms with Gasteiger partial charge in [0.05, 0.1) is 13.0 Å². The number of carbonyl (C=O) groups excluding carboxylic acids is 2. The molecule has 2 amide bonds. The van der Waals surface area contributed by atoms with Gasteiger partial charge in [-0.25, -0.2) is 0 Å². The van der Waals surface area contributed by atoms with Gasteiger partial charge in [-0.05, 0) is 43.5 Å². The van der Waals surface area contributed by atoms with E-state index in [2.05, 4.69) is 10.2 Å². The molecular formula is C19H24N4O3. The van der Waals surface area contributed by atoms with E-state index in [1.165, 1.54) is 0 Å². The number of nitrogens with one attached hydrogen (secondary N) is 1. The van der Waals surface area contributed by atoms with E-state index in [1.54, 1.807) is 6.07 Å². The first-order chi connectivity index (χ1) is 12.6. The van der Waals surface area contributed by atoms with Crippen molar-refractivity contribution >= 4 is 11.8 Å². The Morgan fingerprint density at radius 1 is 1.27 bits per heavy atom. The summed E-state index contributed by atoms with van der Waals surface area (Å²) in [6.45, 7) is 3.97. The van der Waals surface area contributed by atoms with Gasteiger partial charge in [0.2, 0.25) is 5.91 Å². The molecule has 0 unspecified atom stereocenters. The molecule has 1 saturated heterocycles. The van der Waals surface area contributed by atoms with Crippen LogP contribution >= 0.6 is 0 Å². The summed E-state index contributed by atoms with van der Waals surface area (Å²) in [5, 5.41) is 6.82. The third-order valence-electron chi connectivity index (χ3n) is 4.73. The molecule has 1 fully saturated rings. The molecule has 3 N–H and O–H groups in total. The van der Waals surface area contributed by atoms with Gasteiger partial charge in [-0.1, -0.05) is 12.1 Å². The van der Waals surface area contributed by atoms with Crippen LogP contribution in [0, 0.1) is 0 Å². The summed E-state index contributed by atoms with van der Waals surface area (Å²) in [6.07, 6.45) is 2.08. The van der Waals surface area contributed by atoms with E-state index in [0.29, 0.717) is 26.1 Å². The summed E-state index contributed by atoms with van der Waals surface area (Å²) >= 11 is 0. The molecule has 1 aromatic heterocycles. The van der Waals surface area contributed by atoms with E-state index in [4.69, 9.17) is 10.5 Å². The van der Waals surface area contributed by atoms with Gasteiger partial charge in [0, 0.05) is 24.7 Å². The molecule has 2 aromatic rings. The Kier molecular flexibility index (Phi) is 5.55. The van der Waals surface area contributed by atoms with Gasteiger partial charge < -0.3 is 15.4 Å². The zero-order valence-corrected chi connectivity index (χ0v) is 14.9. The Morgan fingerprint density at radius 3 is 2.54 bits per heavy atom. The quantitative estimate of drug-likeness (QED) is 0.825. The molecule has 1 aromatic carbocycles. The van der Waals surface area contributed by atoms with Gasteiger partial charge in [-0.3, -0.25) is 14.7 Å². The van der Waals surface area contributed by atoms with Crippen molar-refractivity contribution in [2.75, 3.05) is 19.7 Å². The van der Waals surface area contributed by atoms with Crippen LogP contribution in [-0.4, -0.2) is 46.6 Å². The Morgan fingerprint density at radius 2 is 1.96 bits per heavy atom. The number of rotatable bonds is 6. The first-order valence-electron chi connectivity index (χ1n) is 8.91. The van der Waals surface area contributed by atoms with Crippen LogP contribution in [0.2, 0.25) is 0 Å². The van der Waals surface area contributed by atoms with E-state index >= 15 is 0 Å². The van der Waals surface area contributed by atoms with E-state index in [-0.39, 0.29) is 17.5 Å². The second-order valence-corrected chi connectivity index (χ2v) is 6.48. The van der Waals surface area contributed by atoms with Gasteiger partial charge in [0.1, 0.15) is 11.4 Å². The van der Waals surface area contributed by atoms with E-state index in [1.807, 2.05) is 36.1 Å². The summed E-state index contributed by atoms with van der Waals surface area (Å²) in [6, 6.07) is 9.38. The van der Waals surface area contributed by atoms with Crippen molar-refractivity contribution in [3.8, 4) is 5.75 Å². The van der Waals surface area contributed by atoms with Crippen LogP contribution in [0.3, 0.4) is 0 Å². The highest BCUT2D eigenvalue weighted by Gasteiger charge is 2.25. The minimum absolute atomic E-state index is 0.134. The fourth-order valence-electron chi connectivity index (χ4n) is 3.27. The maximum atomic E-state index is 12.5. The van der Waals surface area contributed by atoms with Crippen LogP contribution < -0.4 is 10.5 Å². The number of primary amides is 1. The molecule has 7 nitrogen and oxygen atoms in total. The maximum Gasteiger partial charge on any atom is 0.269 e. The summed E-state index contributed by atoms with van der Waals surface area (Å²) in [5.41, 5.74) is 7.39.